The SMILES string of the molecule is Cl.NC(C(=O)O)C1C(CSCC(=O)O)C1C(=O)O. The van der Waals surface area contributed by atoms with Crippen LogP contribution in [0.1, 0.15) is 0 Å². The lowest BCUT2D eigenvalue weighted by molar-refractivity contribution is -0.140. The second kappa shape index (κ2) is 6.81. The first kappa shape index (κ1) is 17.0. The number of nitrogens with two attached hydrogens (primary N) is 1. The third-order valence-corrected chi connectivity index (χ3v) is 3.82. The van der Waals surface area contributed by atoms with Crippen LogP contribution in [0.25, 0.3) is 0 Å². The van der Waals surface area contributed by atoms with Crippen molar-refractivity contribution >= 4 is 42.1 Å². The van der Waals surface area contributed by atoms with Crippen LogP contribution in [0, 0.1) is 17.8 Å². The molecule has 0 aromatic carbocycles. The van der Waals surface area contributed by atoms with E-state index < -0.39 is 35.8 Å². The van der Waals surface area contributed by atoms with Gasteiger partial charge in [-0.05, 0) is 11.7 Å². The summed E-state index contributed by atoms with van der Waals surface area (Å²) in [5.74, 6) is -4.86. The van der Waals surface area contributed by atoms with Gasteiger partial charge in [0.25, 0.3) is 0 Å². The van der Waals surface area contributed by atoms with Gasteiger partial charge in [0.2, 0.25) is 0 Å². The summed E-state index contributed by atoms with van der Waals surface area (Å²) in [4.78, 5) is 31.8. The molecule has 0 heterocycles. The molecule has 7 nitrogen and oxygen atoms in total. The maximum Gasteiger partial charge on any atom is 0.320 e. The lowest BCUT2D eigenvalue weighted by Crippen LogP contribution is -2.34. The molecular weight excluding hydrogens is 286 g/mol. The number of hydrogen-bond acceptors (Lipinski definition) is 5. The zero-order chi connectivity index (χ0) is 13.2. The van der Waals surface area contributed by atoms with Crippen molar-refractivity contribution in [3.63, 3.8) is 0 Å². The predicted molar refractivity (Wildman–Crippen MR) is 65.9 cm³/mol. The molecule has 4 unspecified atom stereocenters. The summed E-state index contributed by atoms with van der Waals surface area (Å²) >= 11 is 1.07. The molecule has 0 aliphatic heterocycles. The van der Waals surface area contributed by atoms with Gasteiger partial charge in [0.15, 0.2) is 0 Å². The van der Waals surface area contributed by atoms with E-state index in [9.17, 15) is 14.4 Å². The van der Waals surface area contributed by atoms with E-state index in [1.807, 2.05) is 0 Å². The fraction of sp³-hybridized carbons (Fsp3) is 0.667. The molecule has 104 valence electrons. The monoisotopic (exact) mass is 299 g/mol. The molecule has 1 aliphatic carbocycles. The highest BCUT2D eigenvalue weighted by atomic mass is 35.5. The Morgan fingerprint density at radius 1 is 1.22 bits per heavy atom. The van der Waals surface area contributed by atoms with Crippen LogP contribution in [-0.2, 0) is 14.4 Å². The predicted octanol–water partition coefficient (Wildman–Crippen LogP) is -0.415. The number of carboxylic acid groups (broad SMARTS) is 3. The van der Waals surface area contributed by atoms with Crippen LogP contribution in [0.15, 0.2) is 0 Å². The maximum atomic E-state index is 10.8. The van der Waals surface area contributed by atoms with Crippen LogP contribution < -0.4 is 5.73 Å². The number of halogens is 1. The minimum atomic E-state index is -1.23. The molecule has 0 bridgehead atoms. The highest BCUT2D eigenvalue weighted by molar-refractivity contribution is 7.99. The third-order valence-electron chi connectivity index (χ3n) is 2.75. The van der Waals surface area contributed by atoms with Gasteiger partial charge in [-0.2, -0.15) is 0 Å². The Morgan fingerprint density at radius 3 is 2.17 bits per heavy atom. The van der Waals surface area contributed by atoms with Crippen LogP contribution in [0.4, 0.5) is 0 Å². The van der Waals surface area contributed by atoms with Crippen LogP contribution in [0.5, 0.6) is 0 Å². The van der Waals surface area contributed by atoms with Crippen molar-refractivity contribution in [1.29, 1.82) is 0 Å². The summed E-state index contributed by atoms with van der Waals surface area (Å²) in [6.45, 7) is 0. The van der Waals surface area contributed by atoms with E-state index in [0.29, 0.717) is 5.75 Å². The molecule has 5 N–H and O–H groups in total. The number of carboxylic acids is 3. The van der Waals surface area contributed by atoms with Gasteiger partial charge in [-0.3, -0.25) is 14.4 Å². The van der Waals surface area contributed by atoms with Gasteiger partial charge in [0.1, 0.15) is 6.04 Å². The Labute approximate surface area is 113 Å². The molecule has 0 amide bonds. The second-order valence-corrected chi connectivity index (χ2v) is 4.91. The van der Waals surface area contributed by atoms with Gasteiger partial charge < -0.3 is 21.1 Å². The summed E-state index contributed by atoms with van der Waals surface area (Å²) in [5, 5.41) is 26.0. The lowest BCUT2D eigenvalue weighted by atomic mass is 10.1. The van der Waals surface area contributed by atoms with Crippen molar-refractivity contribution in [2.75, 3.05) is 11.5 Å². The third kappa shape index (κ3) is 4.04. The standard InChI is InChI=1S/C9H13NO6S.ClH/c10-7(9(15)16)5-3(6(5)8(13)14)1-17-2-4(11)12;/h3,5-7H,1-2,10H2,(H,11,12)(H,13,14)(H,15,16);1H. The first-order valence-corrected chi connectivity index (χ1v) is 6.02. The van der Waals surface area contributed by atoms with Crippen molar-refractivity contribution in [2.24, 2.45) is 23.5 Å². The summed E-state index contributed by atoms with van der Waals surface area (Å²) in [7, 11) is 0. The van der Waals surface area contributed by atoms with Crippen LogP contribution in [-0.4, -0.2) is 50.8 Å². The van der Waals surface area contributed by atoms with Gasteiger partial charge in [0, 0.05) is 5.92 Å². The molecule has 9 heteroatoms. The highest BCUT2D eigenvalue weighted by Gasteiger charge is 2.59. The molecule has 0 aromatic heterocycles. The van der Waals surface area contributed by atoms with Gasteiger partial charge in [-0.25, -0.2) is 0 Å². The minimum Gasteiger partial charge on any atom is -0.481 e. The van der Waals surface area contributed by atoms with Crippen LogP contribution >= 0.6 is 24.2 Å². The average molecular weight is 300 g/mol. The Balaban J connectivity index is 0.00000289. The smallest absolute Gasteiger partial charge is 0.320 e. The Kier molecular flexibility index (Phi) is 6.44. The molecule has 0 aromatic rings. The van der Waals surface area contributed by atoms with Crippen molar-refractivity contribution in [1.82, 2.24) is 0 Å². The number of aliphatic carboxylic acids is 3. The molecule has 18 heavy (non-hydrogen) atoms. The number of rotatable bonds is 7. The molecule has 1 aliphatic rings. The van der Waals surface area contributed by atoms with E-state index in [2.05, 4.69) is 0 Å². The fourth-order valence-electron chi connectivity index (χ4n) is 1.90. The highest BCUT2D eigenvalue weighted by Crippen LogP contribution is 2.49. The van der Waals surface area contributed by atoms with Gasteiger partial charge in [0.05, 0.1) is 11.7 Å². The normalized spacial score (nSPS) is 26.8. The topological polar surface area (TPSA) is 138 Å². The fourth-order valence-corrected chi connectivity index (χ4v) is 2.89. The van der Waals surface area contributed by atoms with E-state index in [1.165, 1.54) is 0 Å². The second-order valence-electron chi connectivity index (χ2n) is 3.88. The van der Waals surface area contributed by atoms with Gasteiger partial charge in [-0.15, -0.1) is 24.2 Å². The first-order valence-electron chi connectivity index (χ1n) is 4.87. The zero-order valence-corrected chi connectivity index (χ0v) is 10.8. The number of hydrogen-bond donors (Lipinski definition) is 4. The Morgan fingerprint density at radius 2 is 1.78 bits per heavy atom. The first-order chi connectivity index (χ1) is 7.86. The molecular formula is C9H14ClNO6S. The Bertz CT molecular complexity index is 352. The Hall–Kier alpha value is -0.990. The van der Waals surface area contributed by atoms with E-state index in [-0.39, 0.29) is 24.1 Å². The van der Waals surface area contributed by atoms with E-state index in [0.717, 1.165) is 11.8 Å². The quantitative estimate of drug-likeness (QED) is 0.497. The van der Waals surface area contributed by atoms with Gasteiger partial charge in [-0.1, -0.05) is 0 Å². The van der Waals surface area contributed by atoms with Gasteiger partial charge >= 0.3 is 17.9 Å². The lowest BCUT2D eigenvalue weighted by Gasteiger charge is -2.04. The largest absolute Gasteiger partial charge is 0.481 e. The summed E-state index contributed by atoms with van der Waals surface area (Å²) in [5.41, 5.74) is 5.38. The number of carbonyl (C=O) groups is 3. The van der Waals surface area contributed by atoms with Crippen molar-refractivity contribution < 1.29 is 29.7 Å². The molecule has 0 spiro atoms. The van der Waals surface area contributed by atoms with E-state index >= 15 is 0 Å². The molecule has 0 saturated heterocycles. The van der Waals surface area contributed by atoms with Crippen molar-refractivity contribution in [3.8, 4) is 0 Å². The minimum absolute atomic E-state index is 0. The molecule has 0 radical (unpaired) electrons. The van der Waals surface area contributed by atoms with Crippen LogP contribution in [0.3, 0.4) is 0 Å². The summed E-state index contributed by atoms with van der Waals surface area (Å²) < 4.78 is 0. The summed E-state index contributed by atoms with van der Waals surface area (Å²) in [6.07, 6.45) is 0. The zero-order valence-electron chi connectivity index (χ0n) is 9.18. The summed E-state index contributed by atoms with van der Waals surface area (Å²) in [6, 6.07) is -1.20. The van der Waals surface area contributed by atoms with Crippen LogP contribution in [0.2, 0.25) is 0 Å². The van der Waals surface area contributed by atoms with E-state index in [4.69, 9.17) is 21.1 Å². The average Bonchev–Trinajstić information content (AvgIpc) is 2.90. The van der Waals surface area contributed by atoms with E-state index in [1.54, 1.807) is 0 Å². The van der Waals surface area contributed by atoms with Crippen molar-refractivity contribution in [2.45, 2.75) is 6.04 Å². The molecule has 1 rings (SSSR count). The molecule has 4 atom stereocenters. The maximum absolute atomic E-state index is 10.8. The number of thioether (sulfide) groups is 1. The van der Waals surface area contributed by atoms with Crippen molar-refractivity contribution in [3.05, 3.63) is 0 Å². The molecule has 1 saturated carbocycles. The molecule has 1 fully saturated rings.